The fourth-order valence-corrected chi connectivity index (χ4v) is 4.72. The number of alkyl carbamates (subject to hydrolysis) is 1. The van der Waals surface area contributed by atoms with Gasteiger partial charge >= 0.3 is 6.09 Å². The number of fused-ring (bicyclic) bond motifs is 3. The maximum absolute atomic E-state index is 13.0. The highest BCUT2D eigenvalue weighted by Gasteiger charge is 2.31. The van der Waals surface area contributed by atoms with Crippen LogP contribution >= 0.6 is 0 Å². The lowest BCUT2D eigenvalue weighted by Crippen LogP contribution is -2.30. The van der Waals surface area contributed by atoms with E-state index < -0.39 is 12.3 Å². The number of aliphatic imine (C=N–C) groups is 1. The normalized spacial score (nSPS) is 14.1. The van der Waals surface area contributed by atoms with Gasteiger partial charge in [0.1, 0.15) is 18.2 Å². The van der Waals surface area contributed by atoms with Gasteiger partial charge in [-0.3, -0.25) is 14.9 Å². The largest absolute Gasteiger partial charge is 0.445 e. The summed E-state index contributed by atoms with van der Waals surface area (Å²) in [5.74, 6) is 1.89. The molecule has 1 aliphatic heterocycles. The lowest BCUT2D eigenvalue weighted by molar-refractivity contribution is 0.135. The molecule has 1 unspecified atom stereocenters. The molecular weight excluding hydrogens is 492 g/mol. The first kappa shape index (κ1) is 24.3. The van der Waals surface area contributed by atoms with Crippen LogP contribution in [0.2, 0.25) is 0 Å². The number of para-hydroxylation sites is 1. The minimum Gasteiger partial charge on any atom is -0.445 e. The number of carbonyl (C=O) groups excluding carboxylic acids is 1. The predicted octanol–water partition coefficient (Wildman–Crippen LogP) is 5.24. The quantitative estimate of drug-likeness (QED) is 0.329. The number of ether oxygens (including phenoxy) is 1. The van der Waals surface area contributed by atoms with Gasteiger partial charge in [0.2, 0.25) is 0 Å². The van der Waals surface area contributed by atoms with E-state index in [0.29, 0.717) is 18.1 Å². The zero-order valence-electron chi connectivity index (χ0n) is 21.5. The Bertz CT molecular complexity index is 1640. The van der Waals surface area contributed by atoms with Crippen LogP contribution in [-0.4, -0.2) is 31.7 Å². The first-order chi connectivity index (χ1) is 19.1. The molecule has 0 saturated carbocycles. The van der Waals surface area contributed by atoms with Gasteiger partial charge in [-0.1, -0.05) is 84.0 Å². The standard InChI is InChI=1S/C30H26N6O3/c1-19-24(20(2)39-35-19)17-26-33-34-29-28(32-30(37)38-18-21-11-5-3-6-12-21)31-27(22-13-7-4-8-14-22)23-15-9-10-16-25(23)36(26)29/h3-16,28H,17-18H2,1-2H3,(H,32,37). The summed E-state index contributed by atoms with van der Waals surface area (Å²) < 4.78 is 12.9. The number of carbonyl (C=O) groups is 1. The molecular formula is C30H26N6O3. The van der Waals surface area contributed by atoms with Gasteiger partial charge in [-0.05, 0) is 25.5 Å². The molecule has 5 aromatic rings. The topological polar surface area (TPSA) is 107 Å². The molecule has 39 heavy (non-hydrogen) atoms. The van der Waals surface area contributed by atoms with Crippen molar-refractivity contribution >= 4 is 11.8 Å². The van der Waals surface area contributed by atoms with Gasteiger partial charge in [-0.25, -0.2) is 4.79 Å². The van der Waals surface area contributed by atoms with Crippen molar-refractivity contribution < 1.29 is 14.1 Å². The Hall–Kier alpha value is -5.05. The second-order valence-corrected chi connectivity index (χ2v) is 9.26. The molecule has 0 radical (unpaired) electrons. The second-order valence-electron chi connectivity index (χ2n) is 9.26. The van der Waals surface area contributed by atoms with E-state index in [4.69, 9.17) is 14.3 Å². The van der Waals surface area contributed by atoms with Crippen LogP contribution in [0.15, 0.2) is 94.4 Å². The maximum Gasteiger partial charge on any atom is 0.409 e. The number of aromatic nitrogens is 4. The molecule has 6 rings (SSSR count). The van der Waals surface area contributed by atoms with Crippen LogP contribution in [0.3, 0.4) is 0 Å². The number of hydrogen-bond donors (Lipinski definition) is 1. The van der Waals surface area contributed by atoms with Gasteiger partial charge in [0.05, 0.1) is 17.1 Å². The smallest absolute Gasteiger partial charge is 0.409 e. The molecule has 1 aliphatic rings. The molecule has 9 nitrogen and oxygen atoms in total. The number of aryl methyl sites for hydroxylation is 2. The van der Waals surface area contributed by atoms with E-state index in [1.165, 1.54) is 0 Å². The molecule has 194 valence electrons. The Morgan fingerprint density at radius 2 is 1.67 bits per heavy atom. The minimum absolute atomic E-state index is 0.138. The van der Waals surface area contributed by atoms with E-state index in [1.807, 2.05) is 103 Å². The minimum atomic E-state index is -0.846. The average Bonchev–Trinajstić information content (AvgIpc) is 3.49. The van der Waals surface area contributed by atoms with Gasteiger partial charge in [0.25, 0.3) is 0 Å². The van der Waals surface area contributed by atoms with E-state index in [-0.39, 0.29) is 6.61 Å². The van der Waals surface area contributed by atoms with Crippen molar-refractivity contribution in [2.24, 2.45) is 4.99 Å². The van der Waals surface area contributed by atoms with E-state index in [1.54, 1.807) is 0 Å². The highest BCUT2D eigenvalue weighted by molar-refractivity contribution is 6.15. The number of nitrogens with one attached hydrogen (secondary N) is 1. The van der Waals surface area contributed by atoms with E-state index in [0.717, 1.165) is 45.1 Å². The molecule has 0 aliphatic carbocycles. The first-order valence-corrected chi connectivity index (χ1v) is 12.6. The molecule has 1 N–H and O–H groups in total. The summed E-state index contributed by atoms with van der Waals surface area (Å²) in [6.45, 7) is 3.93. The predicted molar refractivity (Wildman–Crippen MR) is 145 cm³/mol. The Balaban J connectivity index is 1.43. The zero-order chi connectivity index (χ0) is 26.8. The SMILES string of the molecule is Cc1noc(C)c1Cc1nnc2n1-c1ccccc1C(c1ccccc1)=NC2NC(=O)OCc1ccccc1. The van der Waals surface area contributed by atoms with Gasteiger partial charge in [-0.15, -0.1) is 10.2 Å². The summed E-state index contributed by atoms with van der Waals surface area (Å²) in [5.41, 5.74) is 6.04. The van der Waals surface area contributed by atoms with Crippen molar-refractivity contribution in [3.05, 3.63) is 130 Å². The molecule has 0 spiro atoms. The number of rotatable bonds is 6. The Morgan fingerprint density at radius 1 is 0.949 bits per heavy atom. The average molecular weight is 519 g/mol. The van der Waals surface area contributed by atoms with Crippen LogP contribution in [0, 0.1) is 13.8 Å². The molecule has 2 aromatic heterocycles. The highest BCUT2D eigenvalue weighted by Crippen LogP contribution is 2.31. The second kappa shape index (κ2) is 10.4. The van der Waals surface area contributed by atoms with Crippen molar-refractivity contribution in [3.63, 3.8) is 0 Å². The van der Waals surface area contributed by atoms with Crippen molar-refractivity contribution in [1.29, 1.82) is 0 Å². The zero-order valence-corrected chi connectivity index (χ0v) is 21.5. The van der Waals surface area contributed by atoms with Gasteiger partial charge in [-0.2, -0.15) is 0 Å². The van der Waals surface area contributed by atoms with Crippen molar-refractivity contribution in [1.82, 2.24) is 25.2 Å². The van der Waals surface area contributed by atoms with Crippen LogP contribution in [0.5, 0.6) is 0 Å². The third-order valence-corrected chi connectivity index (χ3v) is 6.69. The molecule has 0 bridgehead atoms. The Labute approximate surface area is 225 Å². The van der Waals surface area contributed by atoms with Crippen molar-refractivity contribution in [3.8, 4) is 5.69 Å². The third-order valence-electron chi connectivity index (χ3n) is 6.69. The van der Waals surface area contributed by atoms with Gasteiger partial charge < -0.3 is 9.26 Å². The fraction of sp³-hybridized carbons (Fsp3) is 0.167. The summed E-state index contributed by atoms with van der Waals surface area (Å²) in [6.07, 6.45) is -0.997. The number of benzene rings is 3. The van der Waals surface area contributed by atoms with Crippen LogP contribution in [0.1, 0.15) is 51.5 Å². The summed E-state index contributed by atoms with van der Waals surface area (Å²) in [7, 11) is 0. The number of amides is 1. The molecule has 0 fully saturated rings. The molecule has 3 aromatic carbocycles. The van der Waals surface area contributed by atoms with E-state index >= 15 is 0 Å². The van der Waals surface area contributed by atoms with Crippen LogP contribution in [0.25, 0.3) is 5.69 Å². The molecule has 1 atom stereocenters. The Kier molecular flexibility index (Phi) is 6.46. The Morgan fingerprint density at radius 3 is 2.41 bits per heavy atom. The van der Waals surface area contributed by atoms with Gasteiger partial charge in [0, 0.05) is 23.1 Å². The lowest BCUT2D eigenvalue weighted by atomic mass is 10.0. The molecule has 1 amide bonds. The van der Waals surface area contributed by atoms with Crippen LogP contribution < -0.4 is 5.32 Å². The van der Waals surface area contributed by atoms with E-state index in [9.17, 15) is 4.79 Å². The maximum atomic E-state index is 13.0. The highest BCUT2D eigenvalue weighted by atomic mass is 16.5. The molecule has 3 heterocycles. The summed E-state index contributed by atoms with van der Waals surface area (Å²) in [4.78, 5) is 18.0. The molecule has 0 saturated heterocycles. The van der Waals surface area contributed by atoms with E-state index in [2.05, 4.69) is 20.7 Å². The fourth-order valence-electron chi connectivity index (χ4n) is 4.72. The lowest BCUT2D eigenvalue weighted by Gasteiger charge is -2.15. The summed E-state index contributed by atoms with van der Waals surface area (Å²) in [5, 5.41) is 16.1. The number of nitrogens with zero attached hydrogens (tertiary/aromatic N) is 5. The molecule has 9 heteroatoms. The van der Waals surface area contributed by atoms with Crippen LogP contribution in [0.4, 0.5) is 4.79 Å². The number of hydrogen-bond acceptors (Lipinski definition) is 7. The third kappa shape index (κ3) is 4.82. The summed E-state index contributed by atoms with van der Waals surface area (Å²) in [6, 6.07) is 27.4. The first-order valence-electron chi connectivity index (χ1n) is 12.6. The van der Waals surface area contributed by atoms with Crippen LogP contribution in [-0.2, 0) is 17.8 Å². The van der Waals surface area contributed by atoms with Crippen molar-refractivity contribution in [2.45, 2.75) is 33.0 Å². The summed E-state index contributed by atoms with van der Waals surface area (Å²) >= 11 is 0. The monoisotopic (exact) mass is 518 g/mol. The van der Waals surface area contributed by atoms with Gasteiger partial charge in [0.15, 0.2) is 12.0 Å². The van der Waals surface area contributed by atoms with Crippen molar-refractivity contribution in [2.75, 3.05) is 0 Å².